The highest BCUT2D eigenvalue weighted by molar-refractivity contribution is 6.74. The van der Waals surface area contributed by atoms with E-state index in [1.54, 1.807) is 0 Å². The molecule has 0 radical (unpaired) electrons. The molecule has 1 unspecified atom stereocenters. The van der Waals surface area contributed by atoms with E-state index in [-0.39, 0.29) is 17.0 Å². The summed E-state index contributed by atoms with van der Waals surface area (Å²) < 4.78 is 6.60. The topological polar surface area (TPSA) is 55.6 Å². The number of nitrogens with zero attached hydrogens (tertiary/aromatic N) is 1. The molecule has 1 heterocycles. The van der Waals surface area contributed by atoms with Gasteiger partial charge >= 0.3 is 0 Å². The summed E-state index contributed by atoms with van der Waals surface area (Å²) in [5, 5.41) is 0.221. The lowest BCUT2D eigenvalue weighted by molar-refractivity contribution is 0.0999. The smallest absolute Gasteiger partial charge is 0.249 e. The lowest BCUT2D eigenvalue weighted by Gasteiger charge is -2.43. The van der Waals surface area contributed by atoms with Gasteiger partial charge in [0.25, 0.3) is 0 Å². The number of anilines is 1. The van der Waals surface area contributed by atoms with Gasteiger partial charge < -0.3 is 15.1 Å². The maximum atomic E-state index is 11.6. The molecular formula is C19H32N2O2Si. The molecule has 1 aliphatic rings. The fourth-order valence-corrected chi connectivity index (χ4v) is 4.31. The SMILES string of the molecule is Cc1ccc(N2CCCC(O[Si](C)(C)C(C)(C)C)C2)cc1C(N)=O. The van der Waals surface area contributed by atoms with Crippen molar-refractivity contribution in [2.45, 2.75) is 64.8 Å². The zero-order chi connectivity index (χ0) is 18.1. The Morgan fingerprint density at radius 2 is 2.00 bits per heavy atom. The second-order valence-electron chi connectivity index (χ2n) is 8.45. The first-order chi connectivity index (χ1) is 11.0. The summed E-state index contributed by atoms with van der Waals surface area (Å²) in [6, 6.07) is 5.98. The highest BCUT2D eigenvalue weighted by Crippen LogP contribution is 2.38. The third-order valence-electron chi connectivity index (χ3n) is 5.50. The van der Waals surface area contributed by atoms with Crippen molar-refractivity contribution in [2.75, 3.05) is 18.0 Å². The fraction of sp³-hybridized carbons (Fsp3) is 0.632. The van der Waals surface area contributed by atoms with E-state index in [0.717, 1.165) is 37.2 Å². The molecule has 1 aliphatic heterocycles. The predicted molar refractivity (Wildman–Crippen MR) is 103 cm³/mol. The van der Waals surface area contributed by atoms with Crippen molar-refractivity contribution in [2.24, 2.45) is 5.73 Å². The molecule has 1 amide bonds. The molecule has 4 nitrogen and oxygen atoms in total. The van der Waals surface area contributed by atoms with Crippen LogP contribution < -0.4 is 10.6 Å². The van der Waals surface area contributed by atoms with Gasteiger partial charge in [-0.15, -0.1) is 0 Å². The molecule has 24 heavy (non-hydrogen) atoms. The maximum absolute atomic E-state index is 11.6. The van der Waals surface area contributed by atoms with Gasteiger partial charge in [0.05, 0.1) is 6.10 Å². The van der Waals surface area contributed by atoms with E-state index >= 15 is 0 Å². The number of aryl methyl sites for hydroxylation is 1. The summed E-state index contributed by atoms with van der Waals surface area (Å²) in [6.45, 7) is 15.2. The van der Waals surface area contributed by atoms with Crippen LogP contribution in [0.15, 0.2) is 18.2 Å². The van der Waals surface area contributed by atoms with E-state index in [1.807, 2.05) is 19.1 Å². The van der Waals surface area contributed by atoms with Gasteiger partial charge in [0.2, 0.25) is 5.91 Å². The van der Waals surface area contributed by atoms with Crippen molar-refractivity contribution in [3.05, 3.63) is 29.3 Å². The molecule has 2 N–H and O–H groups in total. The first-order valence-corrected chi connectivity index (χ1v) is 11.8. The highest BCUT2D eigenvalue weighted by Gasteiger charge is 2.39. The van der Waals surface area contributed by atoms with E-state index < -0.39 is 8.32 Å². The minimum absolute atomic E-state index is 0.221. The van der Waals surface area contributed by atoms with E-state index in [0.29, 0.717) is 5.56 Å². The van der Waals surface area contributed by atoms with Crippen LogP contribution in [-0.2, 0) is 4.43 Å². The molecule has 0 aromatic heterocycles. The average molecular weight is 349 g/mol. The lowest BCUT2D eigenvalue weighted by Crippen LogP contribution is -2.49. The summed E-state index contributed by atoms with van der Waals surface area (Å²) in [4.78, 5) is 13.9. The van der Waals surface area contributed by atoms with Crippen molar-refractivity contribution < 1.29 is 9.22 Å². The Kier molecular flexibility index (Phi) is 5.45. The molecule has 1 saturated heterocycles. The third kappa shape index (κ3) is 4.19. The molecule has 2 rings (SSSR count). The highest BCUT2D eigenvalue weighted by atomic mass is 28.4. The number of carbonyl (C=O) groups excluding carboxylic acids is 1. The molecule has 1 atom stereocenters. The summed E-state index contributed by atoms with van der Waals surface area (Å²) in [5.41, 5.74) is 8.10. The molecule has 134 valence electrons. The van der Waals surface area contributed by atoms with E-state index in [2.05, 4.69) is 44.8 Å². The minimum atomic E-state index is -1.76. The van der Waals surface area contributed by atoms with Crippen LogP contribution in [-0.4, -0.2) is 33.4 Å². The number of amides is 1. The lowest BCUT2D eigenvalue weighted by atomic mass is 10.0. The zero-order valence-corrected chi connectivity index (χ0v) is 17.0. The molecule has 0 bridgehead atoms. The van der Waals surface area contributed by atoms with Crippen LogP contribution in [0.25, 0.3) is 0 Å². The van der Waals surface area contributed by atoms with Crippen molar-refractivity contribution in [1.29, 1.82) is 0 Å². The van der Waals surface area contributed by atoms with Gasteiger partial charge in [0.1, 0.15) is 0 Å². The van der Waals surface area contributed by atoms with Crippen molar-refractivity contribution in [3.8, 4) is 0 Å². The van der Waals surface area contributed by atoms with Gasteiger partial charge in [-0.05, 0) is 55.6 Å². The monoisotopic (exact) mass is 348 g/mol. The van der Waals surface area contributed by atoms with E-state index in [4.69, 9.17) is 10.2 Å². The Morgan fingerprint density at radius 3 is 2.58 bits per heavy atom. The van der Waals surface area contributed by atoms with Crippen LogP contribution in [0.2, 0.25) is 18.1 Å². The fourth-order valence-electron chi connectivity index (χ4n) is 2.93. The average Bonchev–Trinajstić information content (AvgIpc) is 2.46. The molecule has 0 spiro atoms. The number of nitrogens with two attached hydrogens (primary N) is 1. The normalized spacial score (nSPS) is 19.4. The molecule has 0 saturated carbocycles. The van der Waals surface area contributed by atoms with Gasteiger partial charge in [-0.2, -0.15) is 0 Å². The van der Waals surface area contributed by atoms with Crippen molar-refractivity contribution in [1.82, 2.24) is 0 Å². The summed E-state index contributed by atoms with van der Waals surface area (Å²) in [5.74, 6) is -0.361. The van der Waals surface area contributed by atoms with Crippen LogP contribution in [0.1, 0.15) is 49.5 Å². The van der Waals surface area contributed by atoms with Gasteiger partial charge in [-0.3, -0.25) is 4.79 Å². The molecule has 1 aromatic rings. The van der Waals surface area contributed by atoms with Gasteiger partial charge in [-0.1, -0.05) is 26.8 Å². The Morgan fingerprint density at radius 1 is 1.33 bits per heavy atom. The standard InChI is InChI=1S/C19H32N2O2Si/c1-14-9-10-15(12-17(14)18(20)22)21-11-7-8-16(13-21)23-24(5,6)19(2,3)4/h9-10,12,16H,7-8,11,13H2,1-6H3,(H2,20,22). The van der Waals surface area contributed by atoms with Crippen LogP contribution >= 0.6 is 0 Å². The Balaban J connectivity index is 2.14. The first-order valence-electron chi connectivity index (χ1n) is 8.84. The Bertz CT molecular complexity index is 608. The third-order valence-corrected chi connectivity index (χ3v) is 10.0. The summed E-state index contributed by atoms with van der Waals surface area (Å²) in [7, 11) is -1.76. The molecule has 0 aliphatic carbocycles. The van der Waals surface area contributed by atoms with E-state index in [1.165, 1.54) is 0 Å². The number of hydrogen-bond donors (Lipinski definition) is 1. The number of primary amides is 1. The first kappa shape index (κ1) is 19.0. The zero-order valence-electron chi connectivity index (χ0n) is 16.0. The number of carbonyl (C=O) groups is 1. The molecular weight excluding hydrogens is 316 g/mol. The number of hydrogen-bond acceptors (Lipinski definition) is 3. The van der Waals surface area contributed by atoms with E-state index in [9.17, 15) is 4.79 Å². The Hall–Kier alpha value is -1.33. The second kappa shape index (κ2) is 6.88. The number of piperidine rings is 1. The molecule has 1 aromatic carbocycles. The Labute approximate surface area is 147 Å². The summed E-state index contributed by atoms with van der Waals surface area (Å²) >= 11 is 0. The quantitative estimate of drug-likeness (QED) is 0.834. The van der Waals surface area contributed by atoms with Crippen LogP contribution in [0.5, 0.6) is 0 Å². The minimum Gasteiger partial charge on any atom is -0.412 e. The largest absolute Gasteiger partial charge is 0.412 e. The van der Waals surface area contributed by atoms with Crippen LogP contribution in [0.3, 0.4) is 0 Å². The van der Waals surface area contributed by atoms with Crippen LogP contribution in [0, 0.1) is 6.92 Å². The van der Waals surface area contributed by atoms with Gasteiger partial charge in [-0.25, -0.2) is 0 Å². The molecule has 1 fully saturated rings. The summed E-state index contributed by atoms with van der Waals surface area (Å²) in [6.07, 6.45) is 2.48. The maximum Gasteiger partial charge on any atom is 0.249 e. The number of benzene rings is 1. The number of rotatable bonds is 4. The van der Waals surface area contributed by atoms with Crippen molar-refractivity contribution in [3.63, 3.8) is 0 Å². The van der Waals surface area contributed by atoms with Crippen molar-refractivity contribution >= 4 is 19.9 Å². The molecule has 5 heteroatoms. The van der Waals surface area contributed by atoms with Gasteiger partial charge in [0.15, 0.2) is 8.32 Å². The van der Waals surface area contributed by atoms with Gasteiger partial charge in [0, 0.05) is 24.3 Å². The van der Waals surface area contributed by atoms with Crippen LogP contribution in [0.4, 0.5) is 5.69 Å². The second-order valence-corrected chi connectivity index (χ2v) is 13.2. The predicted octanol–water partition coefficient (Wildman–Crippen LogP) is 4.08.